The van der Waals surface area contributed by atoms with Crippen molar-refractivity contribution in [1.29, 1.82) is 0 Å². The van der Waals surface area contributed by atoms with Crippen LogP contribution in [0.3, 0.4) is 0 Å². The molecule has 2 aromatic rings. The highest BCUT2D eigenvalue weighted by molar-refractivity contribution is 6.30. The predicted octanol–water partition coefficient (Wildman–Crippen LogP) is 5.52. The van der Waals surface area contributed by atoms with Gasteiger partial charge in [0.2, 0.25) is 5.91 Å². The van der Waals surface area contributed by atoms with Gasteiger partial charge in [-0.3, -0.25) is 14.5 Å². The minimum Gasteiger partial charge on any atom is -0.497 e. The number of allylic oxidation sites excluding steroid dienone is 2. The van der Waals surface area contributed by atoms with Crippen LogP contribution in [0.4, 0.5) is 5.69 Å². The lowest BCUT2D eigenvalue weighted by molar-refractivity contribution is -0.121. The van der Waals surface area contributed by atoms with E-state index in [0.29, 0.717) is 34.9 Å². The van der Waals surface area contributed by atoms with E-state index in [1.807, 2.05) is 30.3 Å². The van der Waals surface area contributed by atoms with Crippen LogP contribution in [0.2, 0.25) is 5.02 Å². The summed E-state index contributed by atoms with van der Waals surface area (Å²) in [4.78, 5) is 28.6. The van der Waals surface area contributed by atoms with Crippen LogP contribution in [0.1, 0.15) is 44.6 Å². The maximum absolute atomic E-state index is 13.5. The summed E-state index contributed by atoms with van der Waals surface area (Å²) >= 11 is 6.06. The van der Waals surface area contributed by atoms with Gasteiger partial charge in [0.05, 0.1) is 14.2 Å². The van der Waals surface area contributed by atoms with Crippen molar-refractivity contribution in [1.82, 2.24) is 0 Å². The molecule has 1 amide bonds. The van der Waals surface area contributed by atoms with Crippen LogP contribution in [0.25, 0.3) is 0 Å². The Kier molecular flexibility index (Phi) is 5.56. The molecule has 1 aliphatic heterocycles. The summed E-state index contributed by atoms with van der Waals surface area (Å²) in [5, 5.41) is 0.599. The molecule has 0 N–H and O–H groups in total. The minimum absolute atomic E-state index is 0.0542. The second kappa shape index (κ2) is 8.04. The summed E-state index contributed by atoms with van der Waals surface area (Å²) in [6.07, 6.45) is 1.25. The molecule has 1 aliphatic carbocycles. The smallest absolute Gasteiger partial charge is 0.232 e. The van der Waals surface area contributed by atoms with Gasteiger partial charge in [0, 0.05) is 46.3 Å². The third-order valence-corrected chi connectivity index (χ3v) is 6.29. The fourth-order valence-electron chi connectivity index (χ4n) is 4.68. The minimum atomic E-state index is -0.375. The Morgan fingerprint density at radius 3 is 2.35 bits per heavy atom. The standard InChI is InChI=1S/C25H26ClNO4/c1-25(2)13-20-24(21(28)14-25)19(18-11-17(30-3)9-10-22(18)31-4)12-23(29)27(20)16-7-5-15(26)6-8-16/h5-11,19H,12-14H2,1-4H3/t19-/m0/s1. The van der Waals surface area contributed by atoms with E-state index in [0.717, 1.165) is 16.9 Å². The zero-order valence-corrected chi connectivity index (χ0v) is 19.0. The lowest BCUT2D eigenvalue weighted by Gasteiger charge is -2.43. The zero-order chi connectivity index (χ0) is 22.3. The van der Waals surface area contributed by atoms with Crippen molar-refractivity contribution in [3.8, 4) is 11.5 Å². The lowest BCUT2D eigenvalue weighted by Crippen LogP contribution is -2.43. The molecule has 0 saturated heterocycles. The average Bonchev–Trinajstić information content (AvgIpc) is 2.72. The molecule has 0 bridgehead atoms. The van der Waals surface area contributed by atoms with Gasteiger partial charge < -0.3 is 9.47 Å². The number of ketones is 1. The highest BCUT2D eigenvalue weighted by Gasteiger charge is 2.45. The lowest BCUT2D eigenvalue weighted by atomic mass is 9.69. The van der Waals surface area contributed by atoms with Gasteiger partial charge in [0.1, 0.15) is 11.5 Å². The van der Waals surface area contributed by atoms with Crippen molar-refractivity contribution in [3.05, 3.63) is 64.3 Å². The van der Waals surface area contributed by atoms with Crippen molar-refractivity contribution in [2.24, 2.45) is 5.41 Å². The third-order valence-electron chi connectivity index (χ3n) is 6.04. The second-order valence-corrected chi connectivity index (χ2v) is 9.31. The summed E-state index contributed by atoms with van der Waals surface area (Å²) < 4.78 is 11.0. The fraction of sp³-hybridized carbons (Fsp3) is 0.360. The van der Waals surface area contributed by atoms with Gasteiger partial charge in [-0.05, 0) is 54.3 Å². The summed E-state index contributed by atoms with van der Waals surface area (Å²) in [6, 6.07) is 12.7. The monoisotopic (exact) mass is 439 g/mol. The van der Waals surface area contributed by atoms with E-state index in [1.54, 1.807) is 31.3 Å². The van der Waals surface area contributed by atoms with Crippen LogP contribution in [0.5, 0.6) is 11.5 Å². The highest BCUT2D eigenvalue weighted by atomic mass is 35.5. The number of halogens is 1. The third kappa shape index (κ3) is 3.94. The van der Waals surface area contributed by atoms with E-state index in [1.165, 1.54) is 0 Å². The van der Waals surface area contributed by atoms with Crippen molar-refractivity contribution < 1.29 is 19.1 Å². The number of nitrogens with zero attached hydrogens (tertiary/aromatic N) is 1. The van der Waals surface area contributed by atoms with E-state index < -0.39 is 0 Å². The van der Waals surface area contributed by atoms with Crippen LogP contribution in [-0.4, -0.2) is 25.9 Å². The molecular weight excluding hydrogens is 414 g/mol. The number of Topliss-reactive ketones (excluding diaryl/α,β-unsaturated/α-hetero) is 1. The molecule has 6 heteroatoms. The fourth-order valence-corrected chi connectivity index (χ4v) is 4.81. The zero-order valence-electron chi connectivity index (χ0n) is 18.2. The molecule has 0 aromatic heterocycles. The topological polar surface area (TPSA) is 55.8 Å². The molecule has 4 rings (SSSR count). The van der Waals surface area contributed by atoms with Gasteiger partial charge in [0.25, 0.3) is 0 Å². The number of amides is 1. The van der Waals surface area contributed by atoms with Gasteiger partial charge >= 0.3 is 0 Å². The van der Waals surface area contributed by atoms with Gasteiger partial charge in [-0.15, -0.1) is 0 Å². The Morgan fingerprint density at radius 1 is 1.00 bits per heavy atom. The maximum atomic E-state index is 13.5. The molecule has 0 saturated carbocycles. The summed E-state index contributed by atoms with van der Waals surface area (Å²) in [6.45, 7) is 4.13. The molecule has 162 valence electrons. The van der Waals surface area contributed by atoms with E-state index in [2.05, 4.69) is 13.8 Å². The number of hydrogen-bond donors (Lipinski definition) is 0. The van der Waals surface area contributed by atoms with Crippen LogP contribution >= 0.6 is 11.6 Å². The molecule has 31 heavy (non-hydrogen) atoms. The van der Waals surface area contributed by atoms with Gasteiger partial charge in [-0.1, -0.05) is 25.4 Å². The summed E-state index contributed by atoms with van der Waals surface area (Å²) in [5.41, 5.74) is 2.76. The number of ether oxygens (including phenoxy) is 2. The van der Waals surface area contributed by atoms with Crippen LogP contribution in [0, 0.1) is 5.41 Å². The molecule has 1 heterocycles. The van der Waals surface area contributed by atoms with Crippen molar-refractivity contribution in [2.45, 2.75) is 39.0 Å². The molecule has 2 aromatic carbocycles. The predicted molar refractivity (Wildman–Crippen MR) is 121 cm³/mol. The normalized spacial score (nSPS) is 20.5. The first-order valence-electron chi connectivity index (χ1n) is 10.3. The number of rotatable bonds is 4. The number of anilines is 1. The molecule has 2 aliphatic rings. The first kappa shape index (κ1) is 21.4. The Morgan fingerprint density at radius 2 is 1.71 bits per heavy atom. The number of hydrogen-bond acceptors (Lipinski definition) is 4. The van der Waals surface area contributed by atoms with Gasteiger partial charge in [-0.25, -0.2) is 0 Å². The Labute approximate surface area is 187 Å². The molecule has 0 radical (unpaired) electrons. The first-order valence-corrected chi connectivity index (χ1v) is 10.7. The van der Waals surface area contributed by atoms with E-state index in [-0.39, 0.29) is 29.4 Å². The van der Waals surface area contributed by atoms with E-state index >= 15 is 0 Å². The van der Waals surface area contributed by atoms with Crippen molar-refractivity contribution in [2.75, 3.05) is 19.1 Å². The Balaban J connectivity index is 1.92. The number of carbonyl (C=O) groups excluding carboxylic acids is 2. The quantitative estimate of drug-likeness (QED) is 0.629. The molecule has 5 nitrogen and oxygen atoms in total. The Bertz CT molecular complexity index is 1070. The van der Waals surface area contributed by atoms with Crippen LogP contribution < -0.4 is 14.4 Å². The van der Waals surface area contributed by atoms with E-state index in [4.69, 9.17) is 21.1 Å². The largest absolute Gasteiger partial charge is 0.497 e. The maximum Gasteiger partial charge on any atom is 0.232 e. The average molecular weight is 440 g/mol. The van der Waals surface area contributed by atoms with E-state index in [9.17, 15) is 9.59 Å². The molecule has 0 fully saturated rings. The highest BCUT2D eigenvalue weighted by Crippen LogP contribution is 2.50. The molecular formula is C25H26ClNO4. The van der Waals surface area contributed by atoms with Crippen LogP contribution in [0.15, 0.2) is 53.7 Å². The molecule has 0 spiro atoms. The Hall–Kier alpha value is -2.79. The molecule has 0 unspecified atom stereocenters. The van der Waals surface area contributed by atoms with Gasteiger partial charge in [-0.2, -0.15) is 0 Å². The van der Waals surface area contributed by atoms with Crippen molar-refractivity contribution >= 4 is 29.0 Å². The first-order chi connectivity index (χ1) is 14.7. The van der Waals surface area contributed by atoms with Gasteiger partial charge in [0.15, 0.2) is 5.78 Å². The number of methoxy groups -OCH3 is 2. The summed E-state index contributed by atoms with van der Waals surface area (Å²) in [5.74, 6) is 0.950. The molecule has 1 atom stereocenters. The number of benzene rings is 2. The second-order valence-electron chi connectivity index (χ2n) is 8.87. The van der Waals surface area contributed by atoms with Crippen molar-refractivity contribution in [3.63, 3.8) is 0 Å². The SMILES string of the molecule is COc1ccc(OC)c([C@@H]2CC(=O)N(c3ccc(Cl)cc3)C3=C2C(=O)CC(C)(C)C3)c1. The van der Waals surface area contributed by atoms with Crippen LogP contribution in [-0.2, 0) is 9.59 Å². The number of carbonyl (C=O) groups is 2. The summed E-state index contributed by atoms with van der Waals surface area (Å²) in [7, 11) is 3.19.